The van der Waals surface area contributed by atoms with Gasteiger partial charge in [-0.05, 0) is 45.8 Å². The second-order valence-corrected chi connectivity index (χ2v) is 4.98. The molecule has 0 radical (unpaired) electrons. The Morgan fingerprint density at radius 3 is 2.85 bits per heavy atom. The van der Waals surface area contributed by atoms with Gasteiger partial charge in [-0.3, -0.25) is 4.98 Å². The molecule has 1 unspecified atom stereocenters. The first-order chi connectivity index (χ1) is 9.56. The molecule has 1 atom stereocenters. The fraction of sp³-hybridized carbons (Fsp3) is 0.143. The summed E-state index contributed by atoms with van der Waals surface area (Å²) >= 11 is 3.35. The Kier molecular flexibility index (Phi) is 4.68. The lowest BCUT2D eigenvalue weighted by Gasteiger charge is -2.17. The molecule has 20 heavy (non-hydrogen) atoms. The fourth-order valence-corrected chi connectivity index (χ4v) is 2.36. The summed E-state index contributed by atoms with van der Waals surface area (Å²) < 4.78 is 19.0. The van der Waals surface area contributed by atoms with Gasteiger partial charge in [0, 0.05) is 17.1 Å². The van der Waals surface area contributed by atoms with E-state index in [0.29, 0.717) is 15.7 Å². The summed E-state index contributed by atoms with van der Waals surface area (Å²) in [5.41, 5.74) is 6.31. The van der Waals surface area contributed by atoms with Crippen LogP contribution >= 0.6 is 15.9 Å². The Morgan fingerprint density at radius 1 is 1.40 bits per heavy atom. The quantitative estimate of drug-likeness (QED) is 0.929. The third-order valence-electron chi connectivity index (χ3n) is 2.66. The van der Waals surface area contributed by atoms with E-state index in [1.807, 2.05) is 0 Å². The summed E-state index contributed by atoms with van der Waals surface area (Å²) in [5, 5.41) is 0. The Labute approximate surface area is 123 Å². The van der Waals surface area contributed by atoms with E-state index in [1.54, 1.807) is 30.5 Å². The molecule has 2 N–H and O–H groups in total. The van der Waals surface area contributed by atoms with Crippen LogP contribution in [0.2, 0.25) is 0 Å². The summed E-state index contributed by atoms with van der Waals surface area (Å²) in [5.74, 6) is -0.347. The summed E-state index contributed by atoms with van der Waals surface area (Å²) in [6, 6.07) is 9.61. The molecule has 0 saturated carbocycles. The van der Waals surface area contributed by atoms with E-state index in [2.05, 4.69) is 20.9 Å². The average molecular weight is 339 g/mol. The van der Waals surface area contributed by atoms with Crippen molar-refractivity contribution in [2.24, 2.45) is 5.73 Å². The van der Waals surface area contributed by atoms with E-state index in [1.165, 1.54) is 12.1 Å². The van der Waals surface area contributed by atoms with Crippen molar-refractivity contribution in [3.05, 3.63) is 64.1 Å². The predicted molar refractivity (Wildman–Crippen MR) is 75.5 cm³/mol. The molecule has 2 rings (SSSR count). The van der Waals surface area contributed by atoms with Gasteiger partial charge in [-0.1, -0.05) is 12.1 Å². The molecule has 2 aromatic rings. The molecular weight excluding hydrogens is 327 g/mol. The Hall–Kier alpha value is -1.95. The molecule has 0 aliphatic rings. The van der Waals surface area contributed by atoms with Crippen LogP contribution in [0.1, 0.15) is 17.4 Å². The van der Waals surface area contributed by atoms with Gasteiger partial charge in [0.1, 0.15) is 5.82 Å². The highest BCUT2D eigenvalue weighted by atomic mass is 79.9. The molecule has 1 heterocycles. The number of rotatable bonds is 4. The van der Waals surface area contributed by atoms with Gasteiger partial charge in [0.05, 0.1) is 5.69 Å². The first kappa shape index (κ1) is 14.5. The maximum Gasteiger partial charge on any atom is 0.405 e. The average Bonchev–Trinajstić information content (AvgIpc) is 2.38. The van der Waals surface area contributed by atoms with Gasteiger partial charge in [0.2, 0.25) is 0 Å². The number of amides is 1. The zero-order valence-electron chi connectivity index (χ0n) is 10.4. The number of ether oxygens (including phenoxy) is 1. The molecule has 0 fully saturated rings. The highest BCUT2D eigenvalue weighted by Gasteiger charge is 2.20. The first-order valence-electron chi connectivity index (χ1n) is 5.87. The Balaban J connectivity index is 2.29. The van der Waals surface area contributed by atoms with Crippen molar-refractivity contribution in [1.29, 1.82) is 0 Å². The monoisotopic (exact) mass is 338 g/mol. The van der Waals surface area contributed by atoms with Gasteiger partial charge in [-0.25, -0.2) is 9.18 Å². The van der Waals surface area contributed by atoms with Crippen molar-refractivity contribution in [3.63, 3.8) is 0 Å². The summed E-state index contributed by atoms with van der Waals surface area (Å²) in [4.78, 5) is 15.2. The molecule has 1 amide bonds. The number of benzene rings is 1. The maximum atomic E-state index is 13.2. The SMILES string of the molecule is NC(=O)OC(Cc1cccc(F)c1)c1ncccc1Br. The molecule has 0 bridgehead atoms. The molecule has 1 aromatic heterocycles. The van der Waals surface area contributed by atoms with E-state index in [0.717, 1.165) is 0 Å². The lowest BCUT2D eigenvalue weighted by Crippen LogP contribution is -2.20. The largest absolute Gasteiger partial charge is 0.439 e. The van der Waals surface area contributed by atoms with Gasteiger partial charge in [0.25, 0.3) is 0 Å². The third-order valence-corrected chi connectivity index (χ3v) is 3.33. The molecule has 0 spiro atoms. The number of hydrogen-bond acceptors (Lipinski definition) is 3. The zero-order chi connectivity index (χ0) is 14.5. The van der Waals surface area contributed by atoms with E-state index in [9.17, 15) is 9.18 Å². The lowest BCUT2D eigenvalue weighted by molar-refractivity contribution is 0.104. The number of nitrogens with zero attached hydrogens (tertiary/aromatic N) is 1. The zero-order valence-corrected chi connectivity index (χ0v) is 12.0. The number of carbonyl (C=O) groups is 1. The fourth-order valence-electron chi connectivity index (χ4n) is 1.85. The second kappa shape index (κ2) is 6.47. The molecule has 0 saturated heterocycles. The molecule has 1 aromatic carbocycles. The summed E-state index contributed by atoms with van der Waals surface area (Å²) in [6.45, 7) is 0. The molecule has 104 valence electrons. The van der Waals surface area contributed by atoms with Crippen molar-refractivity contribution >= 4 is 22.0 Å². The number of nitrogens with two attached hydrogens (primary N) is 1. The minimum absolute atomic E-state index is 0.288. The normalized spacial score (nSPS) is 11.9. The summed E-state index contributed by atoms with van der Waals surface area (Å²) in [6.07, 6.45) is 0.299. The molecule has 4 nitrogen and oxygen atoms in total. The van der Waals surface area contributed by atoms with Crippen LogP contribution in [0.4, 0.5) is 9.18 Å². The molecular formula is C14H12BrFN2O2. The number of primary amides is 1. The smallest absolute Gasteiger partial charge is 0.405 e. The molecule has 0 aliphatic heterocycles. The van der Waals surface area contributed by atoms with Gasteiger partial charge in [-0.2, -0.15) is 0 Å². The molecule has 6 heteroatoms. The predicted octanol–water partition coefficient (Wildman–Crippen LogP) is 3.36. The van der Waals surface area contributed by atoms with Crippen LogP contribution in [-0.2, 0) is 11.2 Å². The van der Waals surface area contributed by atoms with Crippen LogP contribution < -0.4 is 5.73 Å². The number of pyridine rings is 1. The van der Waals surface area contributed by atoms with E-state index < -0.39 is 12.2 Å². The Bertz CT molecular complexity index is 622. The molecule has 0 aliphatic carbocycles. The number of hydrogen-bond donors (Lipinski definition) is 1. The van der Waals surface area contributed by atoms with Crippen LogP contribution in [0, 0.1) is 5.82 Å². The van der Waals surface area contributed by atoms with Crippen LogP contribution in [0.25, 0.3) is 0 Å². The van der Waals surface area contributed by atoms with Crippen LogP contribution in [-0.4, -0.2) is 11.1 Å². The minimum atomic E-state index is -0.899. The number of carbonyl (C=O) groups excluding carboxylic acids is 1. The highest BCUT2D eigenvalue weighted by Crippen LogP contribution is 2.27. The van der Waals surface area contributed by atoms with Gasteiger partial charge < -0.3 is 10.5 Å². The van der Waals surface area contributed by atoms with Crippen molar-refractivity contribution in [1.82, 2.24) is 4.98 Å². The lowest BCUT2D eigenvalue weighted by atomic mass is 10.0. The van der Waals surface area contributed by atoms with Gasteiger partial charge in [0.15, 0.2) is 6.10 Å². The van der Waals surface area contributed by atoms with Gasteiger partial charge >= 0.3 is 6.09 Å². The van der Waals surface area contributed by atoms with Crippen molar-refractivity contribution in [3.8, 4) is 0 Å². The van der Waals surface area contributed by atoms with Crippen molar-refractivity contribution in [2.45, 2.75) is 12.5 Å². The topological polar surface area (TPSA) is 65.2 Å². The third kappa shape index (κ3) is 3.77. The Morgan fingerprint density at radius 2 is 2.20 bits per heavy atom. The van der Waals surface area contributed by atoms with Crippen LogP contribution in [0.15, 0.2) is 47.1 Å². The number of halogens is 2. The van der Waals surface area contributed by atoms with Gasteiger partial charge in [-0.15, -0.1) is 0 Å². The van der Waals surface area contributed by atoms with Crippen LogP contribution in [0.3, 0.4) is 0 Å². The maximum absolute atomic E-state index is 13.2. The van der Waals surface area contributed by atoms with E-state index in [4.69, 9.17) is 10.5 Å². The number of aromatic nitrogens is 1. The second-order valence-electron chi connectivity index (χ2n) is 4.13. The van der Waals surface area contributed by atoms with E-state index >= 15 is 0 Å². The minimum Gasteiger partial charge on any atom is -0.439 e. The van der Waals surface area contributed by atoms with E-state index in [-0.39, 0.29) is 12.2 Å². The highest BCUT2D eigenvalue weighted by molar-refractivity contribution is 9.10. The van der Waals surface area contributed by atoms with Crippen molar-refractivity contribution < 1.29 is 13.9 Å². The standard InChI is InChI=1S/C14H12BrFN2O2/c15-11-5-2-6-18-13(11)12(20-14(17)19)8-9-3-1-4-10(16)7-9/h1-7,12H,8H2,(H2,17,19). The van der Waals surface area contributed by atoms with Crippen molar-refractivity contribution in [2.75, 3.05) is 0 Å². The summed E-state index contributed by atoms with van der Waals surface area (Å²) in [7, 11) is 0. The first-order valence-corrected chi connectivity index (χ1v) is 6.66. The van der Waals surface area contributed by atoms with Crippen LogP contribution in [0.5, 0.6) is 0 Å².